The third-order valence-corrected chi connectivity index (χ3v) is 31.5. The Kier molecular flexibility index (Phi) is 22.1. The molecule has 5 aliphatic heterocycles. The second-order valence-corrected chi connectivity index (χ2v) is 39.2. The summed E-state index contributed by atoms with van der Waals surface area (Å²) >= 11 is 0. The van der Waals surface area contributed by atoms with E-state index in [1.807, 2.05) is 72.2 Å². The lowest BCUT2D eigenvalue weighted by molar-refractivity contribution is -0.741. The lowest BCUT2D eigenvalue weighted by atomic mass is 9.72. The predicted molar refractivity (Wildman–Crippen MR) is 564 cm³/mol. The number of benzene rings is 14. The first-order valence-corrected chi connectivity index (χ1v) is 50.1. The van der Waals surface area contributed by atoms with E-state index in [0.29, 0.717) is 11.8 Å². The average molecular weight is 1820 g/mol. The van der Waals surface area contributed by atoms with Crippen molar-refractivity contribution in [2.24, 2.45) is 11.8 Å². The van der Waals surface area contributed by atoms with E-state index in [2.05, 4.69) is 441 Å². The molecule has 139 heavy (non-hydrogen) atoms. The molecule has 0 radical (unpaired) electrons. The highest BCUT2D eigenvalue weighted by molar-refractivity contribution is 5.76. The van der Waals surface area contributed by atoms with E-state index in [9.17, 15) is 2.74 Å². The molecule has 3 unspecified atom stereocenters. The molecule has 0 N–H and O–H groups in total. The van der Waals surface area contributed by atoms with Gasteiger partial charge in [-0.2, -0.15) is 22.8 Å². The molecule has 14 aromatic carbocycles. The Balaban J connectivity index is 0.000000103. The fourth-order valence-corrected chi connectivity index (χ4v) is 25.6. The Morgan fingerprint density at radius 2 is 0.604 bits per heavy atom. The first-order chi connectivity index (χ1) is 69.3. The summed E-state index contributed by atoms with van der Waals surface area (Å²) in [5.41, 5.74) is 40.7. The van der Waals surface area contributed by atoms with Gasteiger partial charge in [0.2, 0.25) is 0 Å². The summed E-state index contributed by atoms with van der Waals surface area (Å²) in [4.78, 5) is 0. The van der Waals surface area contributed by atoms with Crippen molar-refractivity contribution >= 4 is 0 Å². The molecule has 5 aromatic heterocycles. The third-order valence-electron chi connectivity index (χ3n) is 31.5. The number of fused-ring (bicyclic) bond motifs is 15. The van der Waals surface area contributed by atoms with Crippen LogP contribution in [-0.4, -0.2) is 22.8 Å². The number of para-hydroxylation sites is 5. The van der Waals surface area contributed by atoms with Crippen LogP contribution in [0.1, 0.15) is 204 Å². The van der Waals surface area contributed by atoms with Gasteiger partial charge in [0.15, 0.2) is 74.0 Å². The Morgan fingerprint density at radius 1 is 0.273 bits per heavy atom. The Bertz CT molecular complexity index is 8140. The third kappa shape index (κ3) is 14.2. The largest absolute Gasteiger partial charge is 0.260 e. The number of imidazole rings is 5. The second kappa shape index (κ2) is 36.2. The van der Waals surface area contributed by atoms with Crippen molar-refractivity contribution in [3.8, 4) is 84.7 Å². The molecule has 0 spiro atoms. The summed E-state index contributed by atoms with van der Waals surface area (Å²) in [7, 11) is 0. The number of hydrogen-bond donors (Lipinski definition) is 0. The Hall–Kier alpha value is -14.9. The Morgan fingerprint density at radius 3 is 1.09 bits per heavy atom. The summed E-state index contributed by atoms with van der Waals surface area (Å²) in [6.45, 7) is 31.2. The van der Waals surface area contributed by atoms with Gasteiger partial charge in [0.25, 0.3) is 29.1 Å². The highest BCUT2D eigenvalue weighted by Gasteiger charge is 2.59. The monoisotopic (exact) mass is 1820 g/mol. The summed E-state index contributed by atoms with van der Waals surface area (Å²) < 4.78 is 60.1. The van der Waals surface area contributed by atoms with Gasteiger partial charge in [-0.3, -0.25) is 0 Å². The zero-order valence-electron chi connectivity index (χ0n) is 86.9. The molecular weight excluding hydrogens is 1690 g/mol. The summed E-state index contributed by atoms with van der Waals surface area (Å²) in [6, 6.07) is 127. The van der Waals surface area contributed by atoms with E-state index >= 15 is 0 Å². The maximum Gasteiger partial charge on any atom is 0.260 e. The molecule has 10 nitrogen and oxygen atoms in total. The number of rotatable bonds is 11. The quantitative estimate of drug-likeness (QED) is 0.116. The predicted octanol–water partition coefficient (Wildman–Crippen LogP) is 27.6. The van der Waals surface area contributed by atoms with E-state index < -0.39 is 24.1 Å². The molecule has 10 heterocycles. The van der Waals surface area contributed by atoms with E-state index in [0.717, 1.165) is 80.9 Å². The van der Waals surface area contributed by atoms with Crippen LogP contribution in [0.25, 0.3) is 84.7 Å². The molecule has 10 heteroatoms. The highest BCUT2D eigenvalue weighted by Crippen LogP contribution is 2.55. The zero-order chi connectivity index (χ0) is 99.0. The highest BCUT2D eigenvalue weighted by atomic mass is 15.3. The van der Waals surface area contributed by atoms with Crippen LogP contribution in [0.2, 0.25) is 0 Å². The van der Waals surface area contributed by atoms with Crippen molar-refractivity contribution in [3.63, 3.8) is 0 Å². The van der Waals surface area contributed by atoms with E-state index in [1.165, 1.54) is 191 Å². The van der Waals surface area contributed by atoms with Gasteiger partial charge in [-0.1, -0.05) is 359 Å². The molecule has 2 saturated carbocycles. The molecule has 0 amide bonds. The molecule has 688 valence electrons. The lowest BCUT2D eigenvalue weighted by Gasteiger charge is -2.35. The fourth-order valence-electron chi connectivity index (χ4n) is 25.6. The van der Waals surface area contributed by atoms with Crippen molar-refractivity contribution < 1.29 is 28.3 Å². The molecular formula is C129H127N10+5. The van der Waals surface area contributed by atoms with Crippen molar-refractivity contribution in [2.45, 2.75) is 185 Å². The van der Waals surface area contributed by atoms with Gasteiger partial charge in [0.05, 0.1) is 5.48 Å². The molecule has 0 saturated heterocycles. The first-order valence-electron chi connectivity index (χ1n) is 52.1. The summed E-state index contributed by atoms with van der Waals surface area (Å²) in [5.74, 6) is 6.66. The van der Waals surface area contributed by atoms with Crippen LogP contribution in [0.4, 0.5) is 0 Å². The van der Waals surface area contributed by atoms with E-state index in [4.69, 9.17) is 2.74 Å². The molecule has 2 aliphatic carbocycles. The first kappa shape index (κ1) is 84.6. The molecule has 19 aromatic rings. The standard InChI is InChI=1S/C31H27N2.C30H31N2.C25H23N2.C24H27N2.C19H19N2/c1-22-14-10-13-21-29(22)32-23(2)30-27-19-11-12-20-28(27)31(33(30)24(32)3,25-15-6-4-7-16-25)26-17-8-5-9-18-26;1-21-13-7-12-20-28(21)31-22(2)29-26-18-10-11-19-27(26)30(32(29)23(31)3,25-16-8-9-17-25)24-14-5-4-6-15-24;1-17-11-7-10-16-23(17)26-18(2)24-21-14-8-9-15-22(21)25(27(24)19(26)3)20-12-5-4-6-13-20;1-16-10-4-9-15-22(16)25-17(2)23-20-13-7-8-14-21(20)24(26(23)18(25)3)19-11-5-6-12-19;1-13-8-4-7-11-18(13)21-14(2)19-17-10-6-5-9-16(17)12-20(19)15(21)3/h4-21H,1-3H3;4-7,10-15,18-20,25H,8-9,16-17H2,1-3H3;4-16,25H,1-3H3;4,7-10,13-15,19,24H,5-6,11-12H2,1-3H3;4-11H,12H2,1-3H3/q5*+1/i;;25D;24D;12D2. The minimum absolute atomic E-state index is 0.146. The maximum absolute atomic E-state index is 9.76. The van der Waals surface area contributed by atoms with Gasteiger partial charge < -0.3 is 0 Å². The number of hydrogen-bond acceptors (Lipinski definition) is 0. The molecule has 3 atom stereocenters. The maximum atomic E-state index is 9.76. The van der Waals surface area contributed by atoms with Gasteiger partial charge in [0.1, 0.15) is 41.0 Å². The molecule has 0 bridgehead atoms. The summed E-state index contributed by atoms with van der Waals surface area (Å²) in [5, 5.41) is 0. The van der Waals surface area contributed by atoms with Crippen LogP contribution in [-0.2, 0) is 17.6 Å². The van der Waals surface area contributed by atoms with Gasteiger partial charge in [-0.15, -0.1) is 0 Å². The van der Waals surface area contributed by atoms with Gasteiger partial charge in [-0.05, 0) is 118 Å². The van der Waals surface area contributed by atoms with Crippen LogP contribution >= 0.6 is 0 Å². The normalized spacial score (nSPS) is 17.9. The van der Waals surface area contributed by atoms with Gasteiger partial charge in [0, 0.05) is 159 Å². The van der Waals surface area contributed by atoms with Crippen molar-refractivity contribution in [1.29, 1.82) is 0 Å². The van der Waals surface area contributed by atoms with Gasteiger partial charge >= 0.3 is 0 Å². The van der Waals surface area contributed by atoms with E-state index in [-0.39, 0.29) is 5.54 Å². The fraction of sp³-hybridized carbons (Fsp3) is 0.233. The SMILES string of the molecule is Cc1ccccc1-n1c(C)c2[n+](c1C)C(c1ccccc1)(C1CCCC1)c1ccccc1-2.Cc1ccccc1-n1c(C)c2[n+](c1C)C(c1ccccc1)(c1ccccc1)c1ccccc1-2.[2H]C1(C2CCCC2)c2ccccc2-c2c(C)n(-c3ccccc3C)c(C)[n+]21.[2H]C1([2H])c2ccccc2-c2c(C)n(-c3ccccc3C)c(C)[n+]21.[2H]C1(c2ccccc2)c2ccccc2-c2c(C)n(-c3ccccc3C)c(C)[n+]21. The molecule has 26 rings (SSSR count). The molecule has 7 aliphatic rings. The average Bonchev–Trinajstić information content (AvgIpc) is 1.51. The minimum atomic E-state index is -1.52. The van der Waals surface area contributed by atoms with Gasteiger partial charge in [-0.25, -0.2) is 22.8 Å². The second-order valence-electron chi connectivity index (χ2n) is 39.2. The summed E-state index contributed by atoms with van der Waals surface area (Å²) in [6.07, 6.45) is 10.0. The van der Waals surface area contributed by atoms with Crippen molar-refractivity contribution in [2.75, 3.05) is 0 Å². The number of aromatic nitrogens is 10. The van der Waals surface area contributed by atoms with Crippen LogP contribution in [0.15, 0.2) is 364 Å². The van der Waals surface area contributed by atoms with E-state index in [1.54, 1.807) is 0 Å². The van der Waals surface area contributed by atoms with Crippen LogP contribution in [0.5, 0.6) is 0 Å². The minimum Gasteiger partial charge on any atom is -0.223 e. The number of nitrogens with zero attached hydrogens (tertiary/aromatic N) is 10. The van der Waals surface area contributed by atoms with Crippen LogP contribution < -0.4 is 22.8 Å². The molecule has 2 fully saturated rings. The smallest absolute Gasteiger partial charge is 0.223 e. The zero-order valence-corrected chi connectivity index (χ0v) is 82.9. The topological polar surface area (TPSA) is 44.0 Å². The van der Waals surface area contributed by atoms with Crippen molar-refractivity contribution in [3.05, 3.63) is 499 Å². The van der Waals surface area contributed by atoms with Crippen LogP contribution in [0.3, 0.4) is 0 Å². The lowest BCUT2D eigenvalue weighted by Crippen LogP contribution is -2.60. The number of aryl methyl sites for hydroxylation is 5. The van der Waals surface area contributed by atoms with Crippen molar-refractivity contribution in [1.82, 2.24) is 22.8 Å². The van der Waals surface area contributed by atoms with Crippen LogP contribution in [0, 0.1) is 116 Å². The Labute approximate surface area is 826 Å².